The minimum Gasteiger partial charge on any atom is -0.483 e. The second-order valence-electron chi connectivity index (χ2n) is 8.61. The topological polar surface area (TPSA) is 47.4 Å². The Bertz CT molecular complexity index is 1030. The van der Waals surface area contributed by atoms with Crippen LogP contribution in [0.15, 0.2) is 42.5 Å². The average Bonchev–Trinajstić information content (AvgIpc) is 3.13. The number of imidazole rings is 1. The number of likely N-dealkylation sites (tertiary alicyclic amines) is 1. The molecule has 0 spiro atoms. The molecule has 1 amide bonds. The molecular formula is C25H31N3O2. The third-order valence-corrected chi connectivity index (χ3v) is 6.03. The van der Waals surface area contributed by atoms with Crippen molar-refractivity contribution in [3.8, 4) is 5.75 Å². The number of para-hydroxylation sites is 3. The number of fused-ring (bicyclic) bond motifs is 1. The van der Waals surface area contributed by atoms with Crippen LogP contribution in [0.1, 0.15) is 55.6 Å². The van der Waals surface area contributed by atoms with Gasteiger partial charge >= 0.3 is 0 Å². The zero-order valence-corrected chi connectivity index (χ0v) is 18.4. The van der Waals surface area contributed by atoms with Gasteiger partial charge in [0.05, 0.1) is 11.0 Å². The second kappa shape index (κ2) is 8.50. The fourth-order valence-corrected chi connectivity index (χ4v) is 4.56. The maximum absolute atomic E-state index is 12.9. The van der Waals surface area contributed by atoms with E-state index < -0.39 is 0 Å². The molecule has 0 saturated carbocycles. The monoisotopic (exact) mass is 405 g/mol. The number of benzene rings is 2. The number of ether oxygens (including phenoxy) is 1. The molecule has 1 aliphatic rings. The van der Waals surface area contributed by atoms with Crippen molar-refractivity contribution in [3.63, 3.8) is 0 Å². The molecule has 2 aromatic carbocycles. The van der Waals surface area contributed by atoms with E-state index >= 15 is 0 Å². The molecule has 1 fully saturated rings. The van der Waals surface area contributed by atoms with Crippen LogP contribution in [0, 0.1) is 13.8 Å². The lowest BCUT2D eigenvalue weighted by molar-refractivity contribution is -0.134. The molecular weight excluding hydrogens is 374 g/mol. The molecule has 1 aliphatic heterocycles. The van der Waals surface area contributed by atoms with Crippen molar-refractivity contribution < 1.29 is 9.53 Å². The Balaban J connectivity index is 1.50. The predicted molar refractivity (Wildman–Crippen MR) is 120 cm³/mol. The fraction of sp³-hybridized carbons (Fsp3) is 0.440. The first-order chi connectivity index (χ1) is 14.5. The van der Waals surface area contributed by atoms with E-state index in [4.69, 9.17) is 9.72 Å². The van der Waals surface area contributed by atoms with E-state index in [1.807, 2.05) is 43.0 Å². The molecule has 0 aliphatic carbocycles. The normalized spacial score (nSPS) is 17.0. The van der Waals surface area contributed by atoms with Crippen molar-refractivity contribution in [1.29, 1.82) is 0 Å². The van der Waals surface area contributed by atoms with Gasteiger partial charge in [0.1, 0.15) is 11.6 Å². The highest BCUT2D eigenvalue weighted by Gasteiger charge is 2.29. The van der Waals surface area contributed by atoms with Crippen molar-refractivity contribution in [2.75, 3.05) is 19.7 Å². The molecule has 0 bridgehead atoms. The van der Waals surface area contributed by atoms with Gasteiger partial charge < -0.3 is 14.2 Å². The van der Waals surface area contributed by atoms with E-state index in [2.05, 4.69) is 36.6 Å². The fourth-order valence-electron chi connectivity index (χ4n) is 4.56. The number of aryl methyl sites for hydroxylation is 2. The molecule has 1 unspecified atom stereocenters. The maximum atomic E-state index is 12.9. The summed E-state index contributed by atoms with van der Waals surface area (Å²) >= 11 is 0. The van der Waals surface area contributed by atoms with Crippen molar-refractivity contribution in [2.24, 2.45) is 0 Å². The van der Waals surface area contributed by atoms with E-state index in [-0.39, 0.29) is 18.4 Å². The summed E-state index contributed by atoms with van der Waals surface area (Å²) in [6, 6.07) is 14.7. The van der Waals surface area contributed by atoms with Crippen molar-refractivity contribution in [2.45, 2.75) is 52.5 Å². The van der Waals surface area contributed by atoms with Gasteiger partial charge in [0, 0.05) is 25.0 Å². The smallest absolute Gasteiger partial charge is 0.260 e. The van der Waals surface area contributed by atoms with Crippen LogP contribution >= 0.6 is 0 Å². The largest absolute Gasteiger partial charge is 0.483 e. The van der Waals surface area contributed by atoms with Gasteiger partial charge in [0.15, 0.2) is 6.61 Å². The van der Waals surface area contributed by atoms with Gasteiger partial charge in [-0.15, -0.1) is 0 Å². The third-order valence-electron chi connectivity index (χ3n) is 6.03. The maximum Gasteiger partial charge on any atom is 0.260 e. The predicted octanol–water partition coefficient (Wildman–Crippen LogP) is 5.02. The molecule has 3 aromatic rings. The minimum absolute atomic E-state index is 0.0505. The number of carbonyl (C=O) groups is 1. The Hall–Kier alpha value is -2.82. The van der Waals surface area contributed by atoms with Gasteiger partial charge in [0.25, 0.3) is 5.91 Å². The highest BCUT2D eigenvalue weighted by molar-refractivity contribution is 5.78. The number of nitrogens with zero attached hydrogens (tertiary/aromatic N) is 3. The summed E-state index contributed by atoms with van der Waals surface area (Å²) in [5, 5.41) is 0. The molecule has 0 N–H and O–H groups in total. The Morgan fingerprint density at radius 2 is 1.87 bits per heavy atom. The van der Waals surface area contributed by atoms with E-state index in [1.54, 1.807) is 0 Å². The summed E-state index contributed by atoms with van der Waals surface area (Å²) in [5.41, 5.74) is 4.32. The summed E-state index contributed by atoms with van der Waals surface area (Å²) in [6.45, 7) is 9.99. The molecule has 0 radical (unpaired) electrons. The van der Waals surface area contributed by atoms with Gasteiger partial charge in [-0.1, -0.05) is 30.3 Å². The van der Waals surface area contributed by atoms with Crippen molar-refractivity contribution in [1.82, 2.24) is 14.5 Å². The first kappa shape index (κ1) is 20.5. The van der Waals surface area contributed by atoms with Crippen LogP contribution in [0.2, 0.25) is 0 Å². The molecule has 1 aromatic heterocycles. The molecule has 5 heteroatoms. The quantitative estimate of drug-likeness (QED) is 0.599. The van der Waals surface area contributed by atoms with Crippen LogP contribution in [0.5, 0.6) is 5.75 Å². The Morgan fingerprint density at radius 1 is 1.13 bits per heavy atom. The van der Waals surface area contributed by atoms with Crippen molar-refractivity contribution >= 4 is 16.9 Å². The van der Waals surface area contributed by atoms with E-state index in [0.717, 1.165) is 47.6 Å². The van der Waals surface area contributed by atoms with Gasteiger partial charge in [-0.3, -0.25) is 4.79 Å². The first-order valence-corrected chi connectivity index (χ1v) is 10.9. The molecule has 5 nitrogen and oxygen atoms in total. The summed E-state index contributed by atoms with van der Waals surface area (Å²) in [4.78, 5) is 19.8. The van der Waals surface area contributed by atoms with Crippen LogP contribution in [0.4, 0.5) is 0 Å². The number of piperidine rings is 1. The standard InChI is InChI=1S/C25H31N3O2/c1-17(2)28-22-13-6-5-12-21(22)26-25(28)20-11-8-14-27(15-20)23(29)16-30-24-18(3)9-7-10-19(24)4/h5-7,9-10,12-13,17,20H,8,11,14-16H2,1-4H3. The number of amides is 1. The minimum atomic E-state index is 0.0505. The number of hydrogen-bond donors (Lipinski definition) is 0. The Labute approximate surface area is 178 Å². The molecule has 4 rings (SSSR count). The molecule has 2 heterocycles. The van der Waals surface area contributed by atoms with Crippen molar-refractivity contribution in [3.05, 3.63) is 59.4 Å². The average molecular weight is 406 g/mol. The van der Waals surface area contributed by atoms with E-state index in [1.165, 1.54) is 5.52 Å². The Kier molecular flexibility index (Phi) is 5.80. The lowest BCUT2D eigenvalue weighted by Crippen LogP contribution is -2.42. The van der Waals surface area contributed by atoms with Gasteiger partial charge in [0.2, 0.25) is 0 Å². The third kappa shape index (κ3) is 3.93. The summed E-state index contributed by atoms with van der Waals surface area (Å²) in [7, 11) is 0. The number of rotatable bonds is 5. The number of hydrogen-bond acceptors (Lipinski definition) is 3. The van der Waals surface area contributed by atoms with E-state index in [9.17, 15) is 4.79 Å². The molecule has 158 valence electrons. The summed E-state index contributed by atoms with van der Waals surface area (Å²) < 4.78 is 8.26. The highest BCUT2D eigenvalue weighted by atomic mass is 16.5. The zero-order chi connectivity index (χ0) is 21.3. The number of aromatic nitrogens is 2. The summed E-state index contributed by atoms with van der Waals surface area (Å²) in [6.07, 6.45) is 2.04. The van der Waals surface area contributed by atoms with Crippen LogP contribution in [-0.4, -0.2) is 40.1 Å². The SMILES string of the molecule is Cc1cccc(C)c1OCC(=O)N1CCCC(c2nc3ccccc3n2C(C)C)C1. The first-order valence-electron chi connectivity index (χ1n) is 10.9. The van der Waals surface area contributed by atoms with Gasteiger partial charge in [-0.25, -0.2) is 4.98 Å². The van der Waals surface area contributed by atoms with Gasteiger partial charge in [-0.05, 0) is 63.8 Å². The molecule has 1 saturated heterocycles. The van der Waals surface area contributed by atoms with Crippen LogP contribution in [0.3, 0.4) is 0 Å². The second-order valence-corrected chi connectivity index (χ2v) is 8.61. The lowest BCUT2D eigenvalue weighted by atomic mass is 9.96. The molecule has 30 heavy (non-hydrogen) atoms. The highest BCUT2D eigenvalue weighted by Crippen LogP contribution is 2.31. The van der Waals surface area contributed by atoms with Crippen LogP contribution in [0.25, 0.3) is 11.0 Å². The van der Waals surface area contributed by atoms with Crippen LogP contribution < -0.4 is 4.74 Å². The van der Waals surface area contributed by atoms with Gasteiger partial charge in [-0.2, -0.15) is 0 Å². The molecule has 1 atom stereocenters. The zero-order valence-electron chi connectivity index (χ0n) is 18.4. The Morgan fingerprint density at radius 3 is 2.60 bits per heavy atom. The summed E-state index contributed by atoms with van der Waals surface area (Å²) in [5.74, 6) is 2.22. The van der Waals surface area contributed by atoms with E-state index in [0.29, 0.717) is 12.6 Å². The lowest BCUT2D eigenvalue weighted by Gasteiger charge is -2.33. The van der Waals surface area contributed by atoms with Crippen LogP contribution in [-0.2, 0) is 4.79 Å². The number of carbonyl (C=O) groups excluding carboxylic acids is 1.